The number of hydrogen-bond donors (Lipinski definition) is 1. The molecule has 0 heterocycles. The lowest BCUT2D eigenvalue weighted by atomic mass is 10.1. The maximum absolute atomic E-state index is 13.1. The SMILES string of the molecule is Cc1ccc(Cl)cc1N([C@@H](C)C(=O)Nc1ccccc1Sc1ccccc1)S(C)(=O)=O. The molecular formula is C23H23ClN2O3S2. The summed E-state index contributed by atoms with van der Waals surface area (Å²) in [5, 5.41) is 3.28. The van der Waals surface area contributed by atoms with Gasteiger partial charge in [0.05, 0.1) is 17.6 Å². The zero-order valence-corrected chi connectivity index (χ0v) is 19.8. The molecule has 0 saturated heterocycles. The molecule has 5 nitrogen and oxygen atoms in total. The number of nitrogens with zero attached hydrogens (tertiary/aromatic N) is 1. The van der Waals surface area contributed by atoms with E-state index in [0.717, 1.165) is 20.4 Å². The van der Waals surface area contributed by atoms with Crippen molar-refractivity contribution in [2.45, 2.75) is 29.7 Å². The molecule has 1 N–H and O–H groups in total. The Morgan fingerprint density at radius 2 is 1.68 bits per heavy atom. The first kappa shape index (κ1) is 23.2. The molecule has 0 saturated carbocycles. The third-order valence-electron chi connectivity index (χ3n) is 4.61. The first-order valence-corrected chi connectivity index (χ1v) is 12.6. The molecule has 162 valence electrons. The highest BCUT2D eigenvalue weighted by Gasteiger charge is 2.30. The van der Waals surface area contributed by atoms with Crippen LogP contribution in [0.3, 0.4) is 0 Å². The number of carbonyl (C=O) groups is 1. The number of nitrogens with one attached hydrogen (secondary N) is 1. The number of amides is 1. The summed E-state index contributed by atoms with van der Waals surface area (Å²) in [6.07, 6.45) is 1.08. The molecule has 0 unspecified atom stereocenters. The van der Waals surface area contributed by atoms with Crippen molar-refractivity contribution < 1.29 is 13.2 Å². The Morgan fingerprint density at radius 1 is 1.03 bits per heavy atom. The van der Waals surface area contributed by atoms with Gasteiger partial charge in [-0.3, -0.25) is 9.10 Å². The highest BCUT2D eigenvalue weighted by molar-refractivity contribution is 7.99. The molecule has 31 heavy (non-hydrogen) atoms. The summed E-state index contributed by atoms with van der Waals surface area (Å²) in [6, 6.07) is 21.2. The Balaban J connectivity index is 1.89. The molecule has 0 radical (unpaired) electrons. The van der Waals surface area contributed by atoms with Crippen LogP contribution in [0.1, 0.15) is 12.5 Å². The summed E-state index contributed by atoms with van der Waals surface area (Å²) in [5.74, 6) is -0.439. The van der Waals surface area contributed by atoms with Crippen LogP contribution in [0.4, 0.5) is 11.4 Å². The van der Waals surface area contributed by atoms with Crippen LogP contribution >= 0.6 is 23.4 Å². The summed E-state index contributed by atoms with van der Waals surface area (Å²) >= 11 is 7.62. The fraction of sp³-hybridized carbons (Fsp3) is 0.174. The smallest absolute Gasteiger partial charge is 0.248 e. The Bertz CT molecular complexity index is 1180. The molecule has 0 bridgehead atoms. The van der Waals surface area contributed by atoms with Gasteiger partial charge in [-0.05, 0) is 55.8 Å². The van der Waals surface area contributed by atoms with E-state index in [1.165, 1.54) is 11.8 Å². The Kier molecular flexibility index (Phi) is 7.30. The minimum Gasteiger partial charge on any atom is -0.323 e. The standard InChI is InChI=1S/C23H23ClN2O3S2/c1-16-13-14-18(24)15-21(16)26(31(3,28)29)17(2)23(27)25-20-11-7-8-12-22(20)30-19-9-5-4-6-10-19/h4-15,17H,1-3H3,(H,25,27)/t17-/m0/s1. The Labute approximate surface area is 192 Å². The third kappa shape index (κ3) is 5.81. The van der Waals surface area contributed by atoms with Crippen LogP contribution in [0, 0.1) is 6.92 Å². The lowest BCUT2D eigenvalue weighted by Gasteiger charge is -2.29. The second kappa shape index (κ2) is 9.77. The normalized spacial score (nSPS) is 12.3. The van der Waals surface area contributed by atoms with Gasteiger partial charge in [-0.25, -0.2) is 8.42 Å². The molecule has 1 atom stereocenters. The number of benzene rings is 3. The average Bonchev–Trinajstić information content (AvgIpc) is 2.72. The fourth-order valence-corrected chi connectivity index (χ4v) is 5.43. The molecule has 3 aromatic carbocycles. The number of aryl methyl sites for hydroxylation is 1. The van der Waals surface area contributed by atoms with Gasteiger partial charge < -0.3 is 5.32 Å². The van der Waals surface area contributed by atoms with Crippen molar-refractivity contribution in [3.05, 3.63) is 83.4 Å². The lowest BCUT2D eigenvalue weighted by Crippen LogP contribution is -2.45. The lowest BCUT2D eigenvalue weighted by molar-refractivity contribution is -0.116. The van der Waals surface area contributed by atoms with E-state index < -0.39 is 22.0 Å². The van der Waals surface area contributed by atoms with E-state index in [9.17, 15) is 13.2 Å². The third-order valence-corrected chi connectivity index (χ3v) is 7.16. The van der Waals surface area contributed by atoms with Gasteiger partial charge in [0.15, 0.2) is 0 Å². The van der Waals surface area contributed by atoms with E-state index in [0.29, 0.717) is 22.0 Å². The summed E-state index contributed by atoms with van der Waals surface area (Å²) in [7, 11) is -3.74. The van der Waals surface area contributed by atoms with Crippen LogP contribution in [0.15, 0.2) is 82.6 Å². The van der Waals surface area contributed by atoms with Crippen molar-refractivity contribution >= 4 is 50.7 Å². The quantitative estimate of drug-likeness (QED) is 0.484. The van der Waals surface area contributed by atoms with Gasteiger partial charge in [0.2, 0.25) is 15.9 Å². The first-order valence-electron chi connectivity index (χ1n) is 9.55. The second-order valence-electron chi connectivity index (χ2n) is 7.07. The van der Waals surface area contributed by atoms with Crippen LogP contribution in [-0.4, -0.2) is 26.6 Å². The molecule has 3 rings (SSSR count). The number of sulfonamides is 1. The molecule has 0 spiro atoms. The van der Waals surface area contributed by atoms with Gasteiger partial charge in [0.1, 0.15) is 6.04 Å². The first-order chi connectivity index (χ1) is 14.7. The molecule has 0 fully saturated rings. The minimum atomic E-state index is -3.74. The van der Waals surface area contributed by atoms with Crippen molar-refractivity contribution in [2.24, 2.45) is 0 Å². The predicted octanol–water partition coefficient (Wildman–Crippen LogP) is 5.59. The summed E-state index contributed by atoms with van der Waals surface area (Å²) < 4.78 is 26.3. The van der Waals surface area contributed by atoms with Crippen LogP contribution in [-0.2, 0) is 14.8 Å². The molecule has 0 aromatic heterocycles. The number of anilines is 2. The molecule has 0 aliphatic heterocycles. The number of rotatable bonds is 7. The number of carbonyl (C=O) groups excluding carboxylic acids is 1. The molecule has 1 amide bonds. The zero-order valence-electron chi connectivity index (χ0n) is 17.4. The van der Waals surface area contributed by atoms with Gasteiger partial charge >= 0.3 is 0 Å². The maximum atomic E-state index is 13.1. The van der Waals surface area contributed by atoms with Crippen molar-refractivity contribution in [3.8, 4) is 0 Å². The number of para-hydroxylation sites is 1. The van der Waals surface area contributed by atoms with E-state index in [4.69, 9.17) is 11.6 Å². The largest absolute Gasteiger partial charge is 0.323 e. The maximum Gasteiger partial charge on any atom is 0.248 e. The topological polar surface area (TPSA) is 66.5 Å². The molecule has 3 aromatic rings. The van der Waals surface area contributed by atoms with Gasteiger partial charge in [0, 0.05) is 14.8 Å². The zero-order chi connectivity index (χ0) is 22.6. The predicted molar refractivity (Wildman–Crippen MR) is 129 cm³/mol. The Hall–Kier alpha value is -2.48. The van der Waals surface area contributed by atoms with Crippen LogP contribution in [0.5, 0.6) is 0 Å². The molecule has 0 aliphatic carbocycles. The highest BCUT2D eigenvalue weighted by atomic mass is 35.5. The van der Waals surface area contributed by atoms with Crippen LogP contribution in [0.25, 0.3) is 0 Å². The van der Waals surface area contributed by atoms with Crippen molar-refractivity contribution in [3.63, 3.8) is 0 Å². The van der Waals surface area contributed by atoms with E-state index in [1.807, 2.05) is 48.5 Å². The van der Waals surface area contributed by atoms with E-state index >= 15 is 0 Å². The monoisotopic (exact) mass is 474 g/mol. The fourth-order valence-electron chi connectivity index (χ4n) is 3.11. The van der Waals surface area contributed by atoms with Gasteiger partial charge in [0.25, 0.3) is 0 Å². The van der Waals surface area contributed by atoms with Crippen LogP contribution < -0.4 is 9.62 Å². The average molecular weight is 475 g/mol. The summed E-state index contributed by atoms with van der Waals surface area (Å²) in [5.41, 5.74) is 1.70. The van der Waals surface area contributed by atoms with E-state index in [1.54, 1.807) is 38.1 Å². The Morgan fingerprint density at radius 3 is 2.35 bits per heavy atom. The van der Waals surface area contributed by atoms with Gasteiger partial charge in [-0.1, -0.05) is 59.8 Å². The summed E-state index contributed by atoms with van der Waals surface area (Å²) in [6.45, 7) is 3.34. The van der Waals surface area contributed by atoms with E-state index in [2.05, 4.69) is 5.32 Å². The number of halogens is 1. The minimum absolute atomic E-state index is 0.379. The van der Waals surface area contributed by atoms with Gasteiger partial charge in [-0.15, -0.1) is 0 Å². The van der Waals surface area contributed by atoms with Crippen molar-refractivity contribution in [1.82, 2.24) is 0 Å². The van der Waals surface area contributed by atoms with Gasteiger partial charge in [-0.2, -0.15) is 0 Å². The second-order valence-corrected chi connectivity index (χ2v) is 10.5. The number of hydrogen-bond acceptors (Lipinski definition) is 4. The van der Waals surface area contributed by atoms with Crippen molar-refractivity contribution in [1.29, 1.82) is 0 Å². The van der Waals surface area contributed by atoms with Crippen LogP contribution in [0.2, 0.25) is 5.02 Å². The summed E-state index contributed by atoms with van der Waals surface area (Å²) in [4.78, 5) is 15.0. The van der Waals surface area contributed by atoms with E-state index in [-0.39, 0.29) is 0 Å². The molecule has 0 aliphatic rings. The van der Waals surface area contributed by atoms with Crippen molar-refractivity contribution in [2.75, 3.05) is 15.9 Å². The molecular weight excluding hydrogens is 452 g/mol. The molecule has 8 heteroatoms. The highest BCUT2D eigenvalue weighted by Crippen LogP contribution is 2.34.